The first kappa shape index (κ1) is 15.0. The minimum absolute atomic E-state index is 0.250. The van der Waals surface area contributed by atoms with E-state index in [1.807, 2.05) is 11.5 Å². The number of aromatic amines is 1. The van der Waals surface area contributed by atoms with Crippen LogP contribution < -0.4 is 5.32 Å². The molecule has 0 aliphatic carbocycles. The Balaban J connectivity index is 2.08. The number of carbonyl (C=O) groups excluding carboxylic acids is 1. The molecule has 2 rings (SSSR count). The molecule has 1 amide bonds. The molecule has 106 valence electrons. The van der Waals surface area contributed by atoms with Crippen LogP contribution in [0.3, 0.4) is 0 Å². The van der Waals surface area contributed by atoms with E-state index in [2.05, 4.69) is 15.5 Å². The molecule has 0 spiro atoms. The molecule has 0 bridgehead atoms. The summed E-state index contributed by atoms with van der Waals surface area (Å²) in [5.41, 5.74) is 0.441. The molecule has 2 aromatic rings. The Hall–Kier alpha value is -1.37. The van der Waals surface area contributed by atoms with Crippen LogP contribution in [-0.4, -0.2) is 20.7 Å². The third-order valence-corrected chi connectivity index (χ3v) is 3.79. The summed E-state index contributed by atoms with van der Waals surface area (Å²) in [5, 5.41) is 10.3. The molecule has 1 aromatic heterocycles. The predicted octanol–water partition coefficient (Wildman–Crippen LogP) is 3.20. The number of aromatic nitrogens is 3. The fraction of sp³-hybridized carbons (Fsp3) is 0.250. The first-order valence-electron chi connectivity index (χ1n) is 5.90. The van der Waals surface area contributed by atoms with Gasteiger partial charge in [-0.15, -0.1) is 0 Å². The largest absolute Gasteiger partial charge is 0.345 e. The topological polar surface area (TPSA) is 62.7 Å². The van der Waals surface area contributed by atoms with Gasteiger partial charge in [0.2, 0.25) is 0 Å². The quantitative estimate of drug-likeness (QED) is 0.846. The summed E-state index contributed by atoms with van der Waals surface area (Å²) in [6.07, 6.45) is 0. The van der Waals surface area contributed by atoms with Gasteiger partial charge in [0.05, 0.1) is 16.6 Å². The summed E-state index contributed by atoms with van der Waals surface area (Å²) in [7, 11) is 0. The molecular formula is C12H12Cl2N4OS. The lowest BCUT2D eigenvalue weighted by Gasteiger charge is -2.06. The lowest BCUT2D eigenvalue weighted by molar-refractivity contribution is 0.0949. The Bertz CT molecular complexity index is 695. The van der Waals surface area contributed by atoms with Crippen molar-refractivity contribution in [1.82, 2.24) is 20.1 Å². The fourth-order valence-electron chi connectivity index (χ4n) is 1.71. The number of amides is 1. The number of rotatable bonds is 4. The minimum atomic E-state index is -0.250. The third kappa shape index (κ3) is 3.20. The summed E-state index contributed by atoms with van der Waals surface area (Å²) < 4.78 is 2.34. The van der Waals surface area contributed by atoms with E-state index in [0.29, 0.717) is 32.7 Å². The van der Waals surface area contributed by atoms with Crippen molar-refractivity contribution in [3.63, 3.8) is 0 Å². The summed E-state index contributed by atoms with van der Waals surface area (Å²) in [5.74, 6) is 0.422. The Morgan fingerprint density at radius 2 is 2.20 bits per heavy atom. The van der Waals surface area contributed by atoms with Gasteiger partial charge in [0.25, 0.3) is 5.91 Å². The van der Waals surface area contributed by atoms with Crippen LogP contribution in [0.25, 0.3) is 0 Å². The van der Waals surface area contributed by atoms with Crippen molar-refractivity contribution >= 4 is 41.3 Å². The molecule has 1 heterocycles. The van der Waals surface area contributed by atoms with E-state index in [0.717, 1.165) is 0 Å². The standard InChI is InChI=1S/C12H12Cl2N4OS/c1-2-18-10(16-17-12(18)20)6-15-11(19)7-3-4-8(13)9(14)5-7/h3-5H,2,6H2,1H3,(H,15,19)(H,17,20). The molecule has 0 fully saturated rings. The van der Waals surface area contributed by atoms with E-state index in [9.17, 15) is 4.79 Å². The number of halogens is 2. The first-order valence-corrected chi connectivity index (χ1v) is 7.06. The van der Waals surface area contributed by atoms with Crippen LogP contribution in [0.1, 0.15) is 23.1 Å². The van der Waals surface area contributed by atoms with Gasteiger partial charge < -0.3 is 9.88 Å². The Kier molecular flexibility index (Phi) is 4.80. The predicted molar refractivity (Wildman–Crippen MR) is 80.7 cm³/mol. The third-order valence-electron chi connectivity index (χ3n) is 2.74. The lowest BCUT2D eigenvalue weighted by atomic mass is 10.2. The molecule has 0 atom stereocenters. The summed E-state index contributed by atoms with van der Waals surface area (Å²) in [6, 6.07) is 4.72. The number of H-pyrrole nitrogens is 1. The van der Waals surface area contributed by atoms with E-state index in [1.165, 1.54) is 6.07 Å². The maximum Gasteiger partial charge on any atom is 0.251 e. The maximum absolute atomic E-state index is 12.0. The molecule has 8 heteroatoms. The maximum atomic E-state index is 12.0. The molecule has 0 aliphatic rings. The van der Waals surface area contributed by atoms with Gasteiger partial charge in [-0.05, 0) is 37.3 Å². The number of hydrogen-bond donors (Lipinski definition) is 2. The van der Waals surface area contributed by atoms with Crippen LogP contribution in [0.5, 0.6) is 0 Å². The molecule has 0 radical (unpaired) electrons. The molecule has 0 saturated heterocycles. The van der Waals surface area contributed by atoms with E-state index in [-0.39, 0.29) is 12.5 Å². The SMILES string of the molecule is CCn1c(CNC(=O)c2ccc(Cl)c(Cl)c2)n[nH]c1=S. The molecular weight excluding hydrogens is 319 g/mol. The van der Waals surface area contributed by atoms with Crippen molar-refractivity contribution < 1.29 is 4.79 Å². The smallest absolute Gasteiger partial charge is 0.251 e. The Morgan fingerprint density at radius 1 is 1.45 bits per heavy atom. The monoisotopic (exact) mass is 330 g/mol. The van der Waals surface area contributed by atoms with Gasteiger partial charge in [0.1, 0.15) is 0 Å². The minimum Gasteiger partial charge on any atom is -0.345 e. The van der Waals surface area contributed by atoms with Gasteiger partial charge in [0.15, 0.2) is 10.6 Å². The molecule has 2 N–H and O–H groups in total. The highest BCUT2D eigenvalue weighted by molar-refractivity contribution is 7.71. The average Bonchev–Trinajstić information content (AvgIpc) is 2.79. The summed E-state index contributed by atoms with van der Waals surface area (Å²) in [6.45, 7) is 2.92. The van der Waals surface area contributed by atoms with E-state index in [4.69, 9.17) is 35.4 Å². The zero-order chi connectivity index (χ0) is 14.7. The zero-order valence-electron chi connectivity index (χ0n) is 10.6. The van der Waals surface area contributed by atoms with Crippen molar-refractivity contribution in [2.75, 3.05) is 0 Å². The number of benzene rings is 1. The van der Waals surface area contributed by atoms with Crippen molar-refractivity contribution in [2.24, 2.45) is 0 Å². The number of nitrogens with zero attached hydrogens (tertiary/aromatic N) is 2. The van der Waals surface area contributed by atoms with Crippen molar-refractivity contribution in [3.8, 4) is 0 Å². The van der Waals surface area contributed by atoms with Gasteiger partial charge in [-0.2, -0.15) is 5.10 Å². The Morgan fingerprint density at radius 3 is 2.85 bits per heavy atom. The molecule has 5 nitrogen and oxygen atoms in total. The number of nitrogens with one attached hydrogen (secondary N) is 2. The van der Waals surface area contributed by atoms with Gasteiger partial charge in [-0.1, -0.05) is 23.2 Å². The highest BCUT2D eigenvalue weighted by atomic mass is 35.5. The normalized spacial score (nSPS) is 10.6. The van der Waals surface area contributed by atoms with Crippen LogP contribution >= 0.6 is 35.4 Å². The van der Waals surface area contributed by atoms with E-state index < -0.39 is 0 Å². The van der Waals surface area contributed by atoms with Gasteiger partial charge in [-0.25, -0.2) is 0 Å². The number of hydrogen-bond acceptors (Lipinski definition) is 3. The molecule has 0 aliphatic heterocycles. The van der Waals surface area contributed by atoms with Crippen molar-refractivity contribution in [3.05, 3.63) is 44.4 Å². The second-order valence-corrected chi connectivity index (χ2v) is 5.20. The van der Waals surface area contributed by atoms with Gasteiger partial charge in [0, 0.05) is 12.1 Å². The zero-order valence-corrected chi connectivity index (χ0v) is 12.9. The molecule has 1 aromatic carbocycles. The van der Waals surface area contributed by atoms with Gasteiger partial charge >= 0.3 is 0 Å². The summed E-state index contributed by atoms with van der Waals surface area (Å²) in [4.78, 5) is 12.0. The van der Waals surface area contributed by atoms with Crippen LogP contribution in [-0.2, 0) is 13.1 Å². The highest BCUT2D eigenvalue weighted by Gasteiger charge is 2.10. The van der Waals surface area contributed by atoms with Crippen LogP contribution in [0.4, 0.5) is 0 Å². The first-order chi connectivity index (χ1) is 9.52. The average molecular weight is 331 g/mol. The van der Waals surface area contributed by atoms with Crippen LogP contribution in [0.2, 0.25) is 10.0 Å². The van der Waals surface area contributed by atoms with Crippen molar-refractivity contribution in [1.29, 1.82) is 0 Å². The fourth-order valence-corrected chi connectivity index (χ4v) is 2.29. The Labute approximate surface area is 130 Å². The van der Waals surface area contributed by atoms with Gasteiger partial charge in [-0.3, -0.25) is 9.89 Å². The van der Waals surface area contributed by atoms with E-state index >= 15 is 0 Å². The van der Waals surface area contributed by atoms with Crippen LogP contribution in [0, 0.1) is 4.77 Å². The molecule has 20 heavy (non-hydrogen) atoms. The van der Waals surface area contributed by atoms with Crippen LogP contribution in [0.15, 0.2) is 18.2 Å². The van der Waals surface area contributed by atoms with E-state index in [1.54, 1.807) is 12.1 Å². The lowest BCUT2D eigenvalue weighted by Crippen LogP contribution is -2.24. The molecule has 0 saturated carbocycles. The highest BCUT2D eigenvalue weighted by Crippen LogP contribution is 2.22. The summed E-state index contributed by atoms with van der Waals surface area (Å²) >= 11 is 16.8. The molecule has 0 unspecified atom stereocenters. The van der Waals surface area contributed by atoms with Crippen molar-refractivity contribution in [2.45, 2.75) is 20.0 Å². The second kappa shape index (κ2) is 6.39. The second-order valence-electron chi connectivity index (χ2n) is 4.00. The number of carbonyl (C=O) groups is 1.